The van der Waals surface area contributed by atoms with Crippen LogP contribution in [0.15, 0.2) is 48.9 Å². The molecule has 0 aliphatic rings. The number of rotatable bonds is 7. The molecule has 0 saturated heterocycles. The highest BCUT2D eigenvalue weighted by Crippen LogP contribution is 2.27. The van der Waals surface area contributed by atoms with Crippen molar-refractivity contribution in [2.75, 3.05) is 30.1 Å². The molecule has 0 unspecified atom stereocenters. The first kappa shape index (κ1) is 19.3. The van der Waals surface area contributed by atoms with E-state index in [1.807, 2.05) is 43.3 Å². The van der Waals surface area contributed by atoms with Gasteiger partial charge in [-0.2, -0.15) is 0 Å². The van der Waals surface area contributed by atoms with Gasteiger partial charge >= 0.3 is 0 Å². The first-order valence-corrected chi connectivity index (χ1v) is 9.85. The molecule has 3 aromatic rings. The van der Waals surface area contributed by atoms with Crippen molar-refractivity contribution in [3.05, 3.63) is 59.8 Å². The van der Waals surface area contributed by atoms with Gasteiger partial charge in [-0.25, -0.2) is 4.98 Å². The Morgan fingerprint density at radius 3 is 2.74 bits per heavy atom. The third-order valence-electron chi connectivity index (χ3n) is 3.80. The lowest BCUT2D eigenvalue weighted by Crippen LogP contribution is -2.15. The van der Waals surface area contributed by atoms with E-state index in [1.54, 1.807) is 24.7 Å². The molecule has 140 valence electrons. The number of H-pyrrole nitrogens is 1. The summed E-state index contributed by atoms with van der Waals surface area (Å²) in [4.78, 5) is 25.7. The molecular formula is C19H20ClN5OS. The molecule has 6 nitrogen and oxygen atoms in total. The highest BCUT2D eigenvalue weighted by molar-refractivity contribution is 7.99. The maximum absolute atomic E-state index is 12.1. The summed E-state index contributed by atoms with van der Waals surface area (Å²) < 4.78 is 0. The first-order chi connectivity index (χ1) is 13.0. The van der Waals surface area contributed by atoms with Crippen LogP contribution in [-0.2, 0) is 10.5 Å². The van der Waals surface area contributed by atoms with Gasteiger partial charge in [0.2, 0.25) is 5.91 Å². The minimum absolute atomic E-state index is 0.0745. The van der Waals surface area contributed by atoms with Crippen LogP contribution in [0.1, 0.15) is 5.82 Å². The number of imidazole rings is 1. The normalized spacial score (nSPS) is 10.6. The molecule has 1 amide bonds. The van der Waals surface area contributed by atoms with E-state index in [2.05, 4.69) is 20.3 Å². The van der Waals surface area contributed by atoms with E-state index in [-0.39, 0.29) is 5.91 Å². The van der Waals surface area contributed by atoms with E-state index in [0.29, 0.717) is 22.2 Å². The van der Waals surface area contributed by atoms with Gasteiger partial charge in [-0.1, -0.05) is 11.6 Å². The van der Waals surface area contributed by atoms with Crippen LogP contribution < -0.4 is 10.2 Å². The van der Waals surface area contributed by atoms with E-state index in [9.17, 15) is 4.79 Å². The molecule has 2 heterocycles. The summed E-state index contributed by atoms with van der Waals surface area (Å²) >= 11 is 7.73. The fourth-order valence-electron chi connectivity index (χ4n) is 2.50. The van der Waals surface area contributed by atoms with Crippen LogP contribution in [0.2, 0.25) is 5.02 Å². The Morgan fingerprint density at radius 2 is 2.04 bits per heavy atom. The number of pyridine rings is 1. The summed E-state index contributed by atoms with van der Waals surface area (Å²) in [5.41, 5.74) is 3.57. The number of halogens is 1. The first-order valence-electron chi connectivity index (χ1n) is 8.31. The quantitative estimate of drug-likeness (QED) is 0.624. The number of thioether (sulfide) groups is 1. The van der Waals surface area contributed by atoms with E-state index >= 15 is 0 Å². The Bertz CT molecular complexity index is 913. The predicted octanol–water partition coefficient (Wildman–Crippen LogP) is 4.06. The highest BCUT2D eigenvalue weighted by Gasteiger charge is 2.08. The van der Waals surface area contributed by atoms with Gasteiger partial charge < -0.3 is 15.2 Å². The van der Waals surface area contributed by atoms with Crippen LogP contribution >= 0.6 is 23.4 Å². The number of carbonyl (C=O) groups is 1. The average Bonchev–Trinajstić information content (AvgIpc) is 3.11. The van der Waals surface area contributed by atoms with Gasteiger partial charge in [0, 0.05) is 37.7 Å². The van der Waals surface area contributed by atoms with Crippen LogP contribution in [0.3, 0.4) is 0 Å². The highest BCUT2D eigenvalue weighted by atomic mass is 35.5. The molecule has 27 heavy (non-hydrogen) atoms. The molecule has 0 aliphatic heterocycles. The van der Waals surface area contributed by atoms with Crippen molar-refractivity contribution in [2.24, 2.45) is 0 Å². The number of amides is 1. The second-order valence-electron chi connectivity index (χ2n) is 6.08. The minimum atomic E-state index is -0.0745. The largest absolute Gasteiger partial charge is 0.376 e. The van der Waals surface area contributed by atoms with Crippen molar-refractivity contribution in [3.8, 4) is 11.3 Å². The number of nitrogens with one attached hydrogen (secondary N) is 2. The minimum Gasteiger partial charge on any atom is -0.376 e. The van der Waals surface area contributed by atoms with Gasteiger partial charge in [0.1, 0.15) is 5.82 Å². The van der Waals surface area contributed by atoms with Crippen LogP contribution in [-0.4, -0.2) is 40.7 Å². The number of benzene rings is 1. The number of carbonyl (C=O) groups excluding carboxylic acids is 1. The van der Waals surface area contributed by atoms with Crippen molar-refractivity contribution in [2.45, 2.75) is 5.75 Å². The molecule has 8 heteroatoms. The number of hydrogen-bond donors (Lipinski definition) is 2. The summed E-state index contributed by atoms with van der Waals surface area (Å²) in [5, 5.41) is 3.47. The molecule has 2 N–H and O–H groups in total. The topological polar surface area (TPSA) is 73.9 Å². The fourth-order valence-corrected chi connectivity index (χ4v) is 3.55. The number of aromatic amines is 1. The van der Waals surface area contributed by atoms with Gasteiger partial charge in [-0.15, -0.1) is 11.8 Å². The van der Waals surface area contributed by atoms with Crippen molar-refractivity contribution in [1.29, 1.82) is 0 Å². The van der Waals surface area contributed by atoms with Gasteiger partial charge in [-0.3, -0.25) is 9.78 Å². The van der Waals surface area contributed by atoms with Crippen molar-refractivity contribution < 1.29 is 4.79 Å². The van der Waals surface area contributed by atoms with Gasteiger partial charge in [-0.05, 0) is 30.3 Å². The Hall–Kier alpha value is -2.51. The van der Waals surface area contributed by atoms with Crippen molar-refractivity contribution in [3.63, 3.8) is 0 Å². The molecule has 1 aromatic carbocycles. The molecular weight excluding hydrogens is 382 g/mol. The summed E-state index contributed by atoms with van der Waals surface area (Å²) in [5.74, 6) is 1.71. The predicted molar refractivity (Wildman–Crippen MR) is 112 cm³/mol. The molecule has 0 radical (unpaired) electrons. The number of anilines is 2. The molecule has 0 aliphatic carbocycles. The zero-order chi connectivity index (χ0) is 19.2. The second kappa shape index (κ2) is 8.92. The van der Waals surface area contributed by atoms with Gasteiger partial charge in [0.05, 0.1) is 34.1 Å². The van der Waals surface area contributed by atoms with Crippen LogP contribution in [0.4, 0.5) is 11.4 Å². The summed E-state index contributed by atoms with van der Waals surface area (Å²) in [6.07, 6.45) is 5.28. The van der Waals surface area contributed by atoms with E-state index in [1.165, 1.54) is 11.8 Å². The summed E-state index contributed by atoms with van der Waals surface area (Å²) in [6, 6.07) is 9.33. The molecule has 0 fully saturated rings. The summed E-state index contributed by atoms with van der Waals surface area (Å²) in [6.45, 7) is 0. The summed E-state index contributed by atoms with van der Waals surface area (Å²) in [7, 11) is 3.84. The van der Waals surface area contributed by atoms with Crippen LogP contribution in [0.5, 0.6) is 0 Å². The standard InChI is InChI=1S/C19H20ClN5OS/c1-25(2)17-4-3-14(9-15(17)20)23-19(26)12-27-11-18-22-10-16(24-18)13-5-7-21-8-6-13/h3-10H,11-12H2,1-2H3,(H,22,24)(H,23,26). The Kier molecular flexibility index (Phi) is 6.36. The lowest BCUT2D eigenvalue weighted by Gasteiger charge is -2.15. The molecule has 0 atom stereocenters. The third-order valence-corrected chi connectivity index (χ3v) is 5.05. The molecule has 0 spiro atoms. The molecule has 0 bridgehead atoms. The maximum atomic E-state index is 12.1. The monoisotopic (exact) mass is 401 g/mol. The number of nitrogens with zero attached hydrogens (tertiary/aromatic N) is 3. The Balaban J connectivity index is 1.49. The second-order valence-corrected chi connectivity index (χ2v) is 7.47. The molecule has 0 saturated carbocycles. The SMILES string of the molecule is CN(C)c1ccc(NC(=O)CSCc2ncc(-c3ccncc3)[nH]2)cc1Cl. The Morgan fingerprint density at radius 1 is 1.26 bits per heavy atom. The lowest BCUT2D eigenvalue weighted by molar-refractivity contribution is -0.113. The molecule has 2 aromatic heterocycles. The Labute approximate surface area is 167 Å². The third kappa shape index (κ3) is 5.24. The van der Waals surface area contributed by atoms with Crippen molar-refractivity contribution >= 4 is 40.6 Å². The van der Waals surface area contributed by atoms with Gasteiger partial charge in [0.25, 0.3) is 0 Å². The lowest BCUT2D eigenvalue weighted by atomic mass is 10.2. The number of hydrogen-bond acceptors (Lipinski definition) is 5. The number of aromatic nitrogens is 3. The zero-order valence-corrected chi connectivity index (χ0v) is 16.6. The average molecular weight is 402 g/mol. The van der Waals surface area contributed by atoms with Gasteiger partial charge in [0.15, 0.2) is 0 Å². The van der Waals surface area contributed by atoms with E-state index in [0.717, 1.165) is 22.8 Å². The van der Waals surface area contributed by atoms with E-state index < -0.39 is 0 Å². The smallest absolute Gasteiger partial charge is 0.234 e. The fraction of sp³-hybridized carbons (Fsp3) is 0.211. The van der Waals surface area contributed by atoms with Crippen LogP contribution in [0, 0.1) is 0 Å². The molecule has 3 rings (SSSR count). The van der Waals surface area contributed by atoms with Crippen molar-refractivity contribution in [1.82, 2.24) is 15.0 Å². The van der Waals surface area contributed by atoms with Crippen LogP contribution in [0.25, 0.3) is 11.3 Å². The van der Waals surface area contributed by atoms with E-state index in [4.69, 9.17) is 11.6 Å². The maximum Gasteiger partial charge on any atom is 0.234 e. The zero-order valence-electron chi connectivity index (χ0n) is 15.1.